The lowest BCUT2D eigenvalue weighted by Gasteiger charge is -2.02. The summed E-state index contributed by atoms with van der Waals surface area (Å²) in [6.45, 7) is 0. The number of H-pyrrole nitrogens is 3. The van der Waals surface area contributed by atoms with E-state index < -0.39 is 0 Å². The van der Waals surface area contributed by atoms with Crippen molar-refractivity contribution < 1.29 is 4.39 Å². The molecular weight excluding hydrogens is 381 g/mol. The van der Waals surface area contributed by atoms with Gasteiger partial charge in [0.05, 0.1) is 28.4 Å². The number of hydrogen-bond acceptors (Lipinski definition) is 4. The van der Waals surface area contributed by atoms with Crippen LogP contribution < -0.4 is 0 Å². The number of pyridine rings is 1. The molecule has 7 nitrogen and oxygen atoms in total. The molecule has 0 saturated carbocycles. The number of rotatable bonds is 3. The quantitative estimate of drug-likeness (QED) is 0.404. The second-order valence-electron chi connectivity index (χ2n) is 6.95. The van der Waals surface area contributed by atoms with Crippen molar-refractivity contribution in [2.45, 2.75) is 0 Å². The lowest BCUT2D eigenvalue weighted by molar-refractivity contribution is 0.628. The van der Waals surface area contributed by atoms with Gasteiger partial charge in [0.15, 0.2) is 11.5 Å². The zero-order valence-corrected chi connectivity index (χ0v) is 15.5. The number of hydrogen-bond donors (Lipinski definition) is 3. The summed E-state index contributed by atoms with van der Waals surface area (Å²) in [4.78, 5) is 12.9. The van der Waals surface area contributed by atoms with Gasteiger partial charge in [-0.2, -0.15) is 10.2 Å². The molecule has 0 atom stereocenters. The number of fused-ring (bicyclic) bond motifs is 2. The summed E-state index contributed by atoms with van der Waals surface area (Å²) < 4.78 is 13.3. The molecule has 0 spiro atoms. The van der Waals surface area contributed by atoms with Crippen LogP contribution in [0.1, 0.15) is 0 Å². The van der Waals surface area contributed by atoms with Crippen LogP contribution in [0, 0.1) is 5.82 Å². The van der Waals surface area contributed by atoms with Crippen LogP contribution in [-0.2, 0) is 0 Å². The second kappa shape index (κ2) is 6.35. The molecule has 0 aliphatic rings. The molecule has 0 unspecified atom stereocenters. The Balaban J connectivity index is 1.52. The number of nitrogens with zero attached hydrogens (tertiary/aromatic N) is 4. The van der Waals surface area contributed by atoms with Gasteiger partial charge in [-0.1, -0.05) is 24.3 Å². The molecule has 6 rings (SSSR count). The Morgan fingerprint density at radius 3 is 2.53 bits per heavy atom. The first kappa shape index (κ1) is 16.6. The number of para-hydroxylation sites is 1. The third-order valence-electron chi connectivity index (χ3n) is 5.09. The largest absolute Gasteiger partial charge is 0.336 e. The summed E-state index contributed by atoms with van der Waals surface area (Å²) in [7, 11) is 0. The fraction of sp³-hybridized carbons (Fsp3) is 0. The number of nitrogens with one attached hydrogen (secondary N) is 3. The predicted molar refractivity (Wildman–Crippen MR) is 112 cm³/mol. The summed E-state index contributed by atoms with van der Waals surface area (Å²) in [6.07, 6.45) is 3.52. The van der Waals surface area contributed by atoms with Crippen molar-refractivity contribution in [2.24, 2.45) is 0 Å². The molecule has 4 aromatic heterocycles. The van der Waals surface area contributed by atoms with Crippen molar-refractivity contribution in [2.75, 3.05) is 0 Å². The van der Waals surface area contributed by atoms with E-state index in [1.165, 1.54) is 12.1 Å². The Labute approximate surface area is 169 Å². The average molecular weight is 395 g/mol. The highest BCUT2D eigenvalue weighted by atomic mass is 19.1. The Morgan fingerprint density at radius 1 is 0.800 bits per heavy atom. The van der Waals surface area contributed by atoms with Crippen LogP contribution in [0.4, 0.5) is 4.39 Å². The summed E-state index contributed by atoms with van der Waals surface area (Å²) in [5.74, 6) is 0.346. The minimum Gasteiger partial charge on any atom is -0.336 e. The van der Waals surface area contributed by atoms with Gasteiger partial charge in [-0.3, -0.25) is 10.2 Å². The van der Waals surface area contributed by atoms with Crippen molar-refractivity contribution in [1.29, 1.82) is 0 Å². The Kier molecular flexibility index (Phi) is 3.51. The van der Waals surface area contributed by atoms with Gasteiger partial charge in [-0.25, -0.2) is 14.4 Å². The monoisotopic (exact) mass is 395 g/mol. The van der Waals surface area contributed by atoms with Crippen LogP contribution >= 0.6 is 0 Å². The molecule has 144 valence electrons. The van der Waals surface area contributed by atoms with Crippen molar-refractivity contribution in [3.8, 4) is 33.9 Å². The lowest BCUT2D eigenvalue weighted by Crippen LogP contribution is -1.86. The number of imidazole rings is 1. The van der Waals surface area contributed by atoms with Crippen LogP contribution in [0.5, 0.6) is 0 Å². The lowest BCUT2D eigenvalue weighted by atomic mass is 10.0. The van der Waals surface area contributed by atoms with Gasteiger partial charge in [0.2, 0.25) is 0 Å². The van der Waals surface area contributed by atoms with E-state index in [1.54, 1.807) is 24.5 Å². The Morgan fingerprint density at radius 2 is 1.70 bits per heavy atom. The molecule has 2 aromatic carbocycles. The third-order valence-corrected chi connectivity index (χ3v) is 5.09. The summed E-state index contributed by atoms with van der Waals surface area (Å²) in [5.41, 5.74) is 7.34. The predicted octanol–water partition coefficient (Wildman–Crippen LogP) is 4.70. The third kappa shape index (κ3) is 2.58. The molecule has 0 aliphatic heterocycles. The molecule has 0 amide bonds. The van der Waals surface area contributed by atoms with Crippen LogP contribution in [0.15, 0.2) is 67.0 Å². The molecule has 30 heavy (non-hydrogen) atoms. The van der Waals surface area contributed by atoms with Crippen molar-refractivity contribution in [1.82, 2.24) is 35.3 Å². The van der Waals surface area contributed by atoms with Gasteiger partial charge < -0.3 is 4.98 Å². The van der Waals surface area contributed by atoms with E-state index in [0.29, 0.717) is 11.5 Å². The summed E-state index contributed by atoms with van der Waals surface area (Å²) in [5, 5.41) is 14.3. The van der Waals surface area contributed by atoms with E-state index in [1.807, 2.05) is 30.3 Å². The smallest absolute Gasteiger partial charge is 0.161 e. The first-order valence-electron chi connectivity index (χ1n) is 9.35. The topological polar surface area (TPSA) is 98.9 Å². The second-order valence-corrected chi connectivity index (χ2v) is 6.95. The summed E-state index contributed by atoms with van der Waals surface area (Å²) in [6, 6.07) is 16.1. The highest BCUT2D eigenvalue weighted by Gasteiger charge is 2.17. The first-order valence-corrected chi connectivity index (χ1v) is 9.35. The SMILES string of the molecule is Fc1ccc(-c2cccc3[nH]c(-c4n[nH]c5ccc(-c6cn[nH]c6)nc45)nc23)cc1. The fourth-order valence-corrected chi connectivity index (χ4v) is 3.62. The van der Waals surface area contributed by atoms with E-state index in [4.69, 9.17) is 9.97 Å². The molecule has 0 bridgehead atoms. The van der Waals surface area contributed by atoms with Crippen molar-refractivity contribution in [3.05, 3.63) is 72.8 Å². The summed E-state index contributed by atoms with van der Waals surface area (Å²) >= 11 is 0. The maximum Gasteiger partial charge on any atom is 0.161 e. The highest BCUT2D eigenvalue weighted by Crippen LogP contribution is 2.31. The molecule has 4 heterocycles. The van der Waals surface area contributed by atoms with E-state index in [0.717, 1.165) is 44.5 Å². The Hall–Kier alpha value is -4.33. The van der Waals surface area contributed by atoms with Gasteiger partial charge in [0, 0.05) is 17.3 Å². The molecule has 0 radical (unpaired) electrons. The zero-order chi connectivity index (χ0) is 20.1. The maximum absolute atomic E-state index is 13.3. The zero-order valence-electron chi connectivity index (χ0n) is 15.5. The molecule has 0 aliphatic carbocycles. The van der Waals surface area contributed by atoms with Crippen LogP contribution in [0.2, 0.25) is 0 Å². The van der Waals surface area contributed by atoms with Gasteiger partial charge >= 0.3 is 0 Å². The minimum atomic E-state index is -0.267. The molecule has 6 aromatic rings. The van der Waals surface area contributed by atoms with Crippen LogP contribution in [0.25, 0.3) is 56.0 Å². The van der Waals surface area contributed by atoms with Crippen molar-refractivity contribution in [3.63, 3.8) is 0 Å². The van der Waals surface area contributed by atoms with Crippen LogP contribution in [0.3, 0.4) is 0 Å². The van der Waals surface area contributed by atoms with Gasteiger partial charge in [0.1, 0.15) is 11.3 Å². The fourth-order valence-electron chi connectivity index (χ4n) is 3.62. The highest BCUT2D eigenvalue weighted by molar-refractivity contribution is 5.96. The number of benzene rings is 2. The van der Waals surface area contributed by atoms with Gasteiger partial charge in [-0.15, -0.1) is 0 Å². The Bertz CT molecular complexity index is 1490. The standard InChI is InChI=1S/C22H14FN7/c23-14-6-4-12(5-7-14)15-2-1-3-17-19(15)28-22(27-17)21-20-18(29-30-21)9-8-16(26-20)13-10-24-25-11-13/h1-11H,(H,24,25)(H,27,28)(H,29,30). The number of aromatic amines is 3. The van der Waals surface area contributed by atoms with Gasteiger partial charge in [-0.05, 0) is 35.9 Å². The molecule has 0 fully saturated rings. The molecular formula is C22H14FN7. The van der Waals surface area contributed by atoms with E-state index in [2.05, 4.69) is 25.4 Å². The number of aromatic nitrogens is 7. The molecule has 0 saturated heterocycles. The first-order chi connectivity index (χ1) is 14.8. The van der Waals surface area contributed by atoms with E-state index >= 15 is 0 Å². The van der Waals surface area contributed by atoms with E-state index in [-0.39, 0.29) is 5.82 Å². The minimum absolute atomic E-state index is 0.267. The number of halogens is 1. The van der Waals surface area contributed by atoms with Gasteiger partial charge in [0.25, 0.3) is 0 Å². The van der Waals surface area contributed by atoms with Crippen molar-refractivity contribution >= 4 is 22.1 Å². The normalized spacial score (nSPS) is 11.5. The molecule has 3 N–H and O–H groups in total. The van der Waals surface area contributed by atoms with Crippen LogP contribution in [-0.4, -0.2) is 35.3 Å². The molecule has 8 heteroatoms. The van der Waals surface area contributed by atoms with E-state index in [9.17, 15) is 4.39 Å². The maximum atomic E-state index is 13.3. The average Bonchev–Trinajstić information content (AvgIpc) is 3.52.